The number of nitrogens with one attached hydrogen (secondary N) is 2. The third-order valence-corrected chi connectivity index (χ3v) is 6.23. The van der Waals surface area contributed by atoms with Gasteiger partial charge in [0.1, 0.15) is 23.5 Å². The summed E-state index contributed by atoms with van der Waals surface area (Å²) in [5.41, 5.74) is -0.714. The highest BCUT2D eigenvalue weighted by atomic mass is 32.1. The van der Waals surface area contributed by atoms with Crippen molar-refractivity contribution >= 4 is 33.3 Å². The first-order valence-electron chi connectivity index (χ1n) is 9.51. The van der Waals surface area contributed by atoms with Crippen molar-refractivity contribution in [3.8, 4) is 10.6 Å². The number of nitrogens with zero attached hydrogens (tertiary/aromatic N) is 3. The molecule has 3 unspecified atom stereocenters. The van der Waals surface area contributed by atoms with E-state index in [1.54, 1.807) is 0 Å². The molecule has 12 heteroatoms. The molecule has 0 spiro atoms. The maximum atomic E-state index is 12.6. The monoisotopic (exact) mass is 455 g/mol. The van der Waals surface area contributed by atoms with Crippen molar-refractivity contribution in [1.29, 1.82) is 0 Å². The van der Waals surface area contributed by atoms with Crippen molar-refractivity contribution < 1.29 is 28.5 Å². The molecule has 1 fully saturated rings. The Morgan fingerprint density at radius 2 is 2.00 bits per heavy atom. The fourth-order valence-corrected chi connectivity index (χ4v) is 4.50. The van der Waals surface area contributed by atoms with E-state index in [0.29, 0.717) is 17.0 Å². The van der Waals surface area contributed by atoms with Gasteiger partial charge in [-0.25, -0.2) is 9.97 Å². The standard InChI is InChI=1S/C19H20F3N5O3S/c20-19(21,22)9-24-17-23-7-11(16-25-12-3-1-2-4-13(12)31-16)15(26-17)27-18(30)6-5-10(8-28)14(18)29/h1-4,7,10,14,28-30H,5-6,8-9H2,(H2,23,24,26,27). The van der Waals surface area contributed by atoms with Crippen LogP contribution in [0, 0.1) is 5.92 Å². The van der Waals surface area contributed by atoms with Crippen molar-refractivity contribution in [1.82, 2.24) is 15.0 Å². The Balaban J connectivity index is 1.72. The van der Waals surface area contributed by atoms with Gasteiger partial charge in [0.15, 0.2) is 5.72 Å². The molecular weight excluding hydrogens is 435 g/mol. The Bertz CT molecular complexity index is 1050. The summed E-state index contributed by atoms with van der Waals surface area (Å²) >= 11 is 1.34. The highest BCUT2D eigenvalue weighted by Gasteiger charge is 2.47. The van der Waals surface area contributed by atoms with Crippen molar-refractivity contribution in [3.63, 3.8) is 0 Å². The Kier molecular flexibility index (Phi) is 5.73. The molecular formula is C19H20F3N5O3S. The molecule has 3 atom stereocenters. The molecule has 1 saturated carbocycles. The summed E-state index contributed by atoms with van der Waals surface area (Å²) in [6, 6.07) is 7.39. The second-order valence-corrected chi connectivity index (χ2v) is 8.42. The van der Waals surface area contributed by atoms with Gasteiger partial charge in [-0.3, -0.25) is 0 Å². The number of hydrogen-bond acceptors (Lipinski definition) is 9. The topological polar surface area (TPSA) is 123 Å². The van der Waals surface area contributed by atoms with E-state index in [-0.39, 0.29) is 24.8 Å². The SMILES string of the molecule is OCC1CCC(O)(Nc2nc(NCC(F)(F)F)ncc2-c2nc3ccccc3s2)C1O. The Hall–Kier alpha value is -2.54. The number of thiazole rings is 1. The summed E-state index contributed by atoms with van der Waals surface area (Å²) in [5.74, 6) is -0.800. The first kappa shape index (κ1) is 21.7. The highest BCUT2D eigenvalue weighted by Crippen LogP contribution is 2.39. The number of fused-ring (bicyclic) bond motifs is 1. The molecule has 5 N–H and O–H groups in total. The predicted molar refractivity (Wildman–Crippen MR) is 110 cm³/mol. The van der Waals surface area contributed by atoms with E-state index in [1.807, 2.05) is 24.3 Å². The highest BCUT2D eigenvalue weighted by molar-refractivity contribution is 7.21. The third-order valence-electron chi connectivity index (χ3n) is 5.16. The zero-order valence-corrected chi connectivity index (χ0v) is 16.9. The first-order valence-corrected chi connectivity index (χ1v) is 10.3. The molecule has 0 radical (unpaired) electrons. The van der Waals surface area contributed by atoms with E-state index in [0.717, 1.165) is 10.2 Å². The predicted octanol–water partition coefficient (Wildman–Crippen LogP) is 2.59. The molecule has 4 rings (SSSR count). The summed E-state index contributed by atoms with van der Waals surface area (Å²) in [7, 11) is 0. The summed E-state index contributed by atoms with van der Waals surface area (Å²) < 4.78 is 38.7. The quantitative estimate of drug-likeness (QED) is 0.360. The van der Waals surface area contributed by atoms with Crippen LogP contribution in [0.4, 0.5) is 24.9 Å². The second kappa shape index (κ2) is 8.19. The fourth-order valence-electron chi connectivity index (χ4n) is 3.52. The number of para-hydroxylation sites is 1. The van der Waals surface area contributed by atoms with E-state index in [2.05, 4.69) is 25.6 Å². The number of aliphatic hydroxyl groups excluding tert-OH is 2. The van der Waals surface area contributed by atoms with Crippen LogP contribution in [0.1, 0.15) is 12.8 Å². The number of benzene rings is 1. The van der Waals surface area contributed by atoms with Crippen molar-refractivity contribution in [2.24, 2.45) is 5.92 Å². The average Bonchev–Trinajstić information content (AvgIpc) is 3.27. The van der Waals surface area contributed by atoms with E-state index < -0.39 is 30.5 Å². The molecule has 1 aliphatic carbocycles. The zero-order chi connectivity index (χ0) is 22.2. The fraction of sp³-hybridized carbons (Fsp3) is 0.421. The van der Waals surface area contributed by atoms with Crippen molar-refractivity contribution in [3.05, 3.63) is 30.5 Å². The summed E-state index contributed by atoms with van der Waals surface area (Å²) in [6.45, 7) is -1.63. The van der Waals surface area contributed by atoms with Gasteiger partial charge in [0.2, 0.25) is 5.95 Å². The lowest BCUT2D eigenvalue weighted by atomic mass is 10.0. The normalized spacial score (nSPS) is 23.9. The Morgan fingerprint density at radius 3 is 2.68 bits per heavy atom. The van der Waals surface area contributed by atoms with Crippen LogP contribution in [0.5, 0.6) is 0 Å². The van der Waals surface area contributed by atoms with Crippen molar-refractivity contribution in [2.45, 2.75) is 30.8 Å². The minimum atomic E-state index is -4.46. The molecule has 166 valence electrons. The van der Waals surface area contributed by atoms with Crippen LogP contribution in [0.3, 0.4) is 0 Å². The maximum Gasteiger partial charge on any atom is 0.405 e. The minimum Gasteiger partial charge on any atom is -0.396 e. The van der Waals surface area contributed by atoms with E-state index in [1.165, 1.54) is 17.5 Å². The number of halogens is 3. The van der Waals surface area contributed by atoms with Gasteiger partial charge in [-0.2, -0.15) is 18.2 Å². The van der Waals surface area contributed by atoms with Crippen LogP contribution in [0.2, 0.25) is 0 Å². The lowest BCUT2D eigenvalue weighted by Crippen LogP contribution is -2.48. The third kappa shape index (κ3) is 4.56. The molecule has 0 amide bonds. The Morgan fingerprint density at radius 1 is 1.23 bits per heavy atom. The van der Waals surface area contributed by atoms with Crippen LogP contribution in [0.15, 0.2) is 30.5 Å². The molecule has 0 saturated heterocycles. The second-order valence-electron chi connectivity index (χ2n) is 7.39. The van der Waals surface area contributed by atoms with Crippen LogP contribution < -0.4 is 10.6 Å². The molecule has 31 heavy (non-hydrogen) atoms. The van der Waals surface area contributed by atoms with Crippen LogP contribution >= 0.6 is 11.3 Å². The molecule has 3 aromatic rings. The summed E-state index contributed by atoms with van der Waals surface area (Å²) in [4.78, 5) is 12.6. The molecule has 2 aromatic heterocycles. The largest absolute Gasteiger partial charge is 0.405 e. The van der Waals surface area contributed by atoms with E-state index >= 15 is 0 Å². The van der Waals surface area contributed by atoms with Crippen LogP contribution in [-0.2, 0) is 0 Å². The van der Waals surface area contributed by atoms with E-state index in [9.17, 15) is 28.5 Å². The van der Waals surface area contributed by atoms with Crippen molar-refractivity contribution in [2.75, 3.05) is 23.8 Å². The molecule has 0 aliphatic heterocycles. The van der Waals surface area contributed by atoms with E-state index in [4.69, 9.17) is 0 Å². The molecule has 8 nitrogen and oxygen atoms in total. The van der Waals surface area contributed by atoms with Crippen LogP contribution in [0.25, 0.3) is 20.8 Å². The lowest BCUT2D eigenvalue weighted by Gasteiger charge is -2.30. The van der Waals surface area contributed by atoms with Gasteiger partial charge in [-0.1, -0.05) is 12.1 Å². The average molecular weight is 455 g/mol. The number of aromatic nitrogens is 3. The van der Waals surface area contributed by atoms with Gasteiger partial charge in [-0.15, -0.1) is 11.3 Å². The van der Waals surface area contributed by atoms with Gasteiger partial charge >= 0.3 is 6.18 Å². The number of anilines is 2. The van der Waals surface area contributed by atoms with Gasteiger partial charge in [0.25, 0.3) is 0 Å². The smallest absolute Gasteiger partial charge is 0.396 e. The van der Waals surface area contributed by atoms with Gasteiger partial charge in [0, 0.05) is 18.7 Å². The number of rotatable bonds is 6. The zero-order valence-electron chi connectivity index (χ0n) is 16.1. The lowest BCUT2D eigenvalue weighted by molar-refractivity contribution is -0.115. The summed E-state index contributed by atoms with van der Waals surface area (Å²) in [6.07, 6.45) is -3.95. The molecule has 1 aromatic carbocycles. The molecule has 2 heterocycles. The van der Waals surface area contributed by atoms with Gasteiger partial charge in [-0.05, 0) is 25.0 Å². The Labute approximate surface area is 178 Å². The number of aliphatic hydroxyl groups is 3. The van der Waals surface area contributed by atoms with Crippen LogP contribution in [-0.4, -0.2) is 61.4 Å². The number of hydrogen-bond donors (Lipinski definition) is 5. The molecule has 0 bridgehead atoms. The number of alkyl halides is 3. The maximum absolute atomic E-state index is 12.6. The van der Waals surface area contributed by atoms with Gasteiger partial charge in [0.05, 0.1) is 15.8 Å². The van der Waals surface area contributed by atoms with Gasteiger partial charge < -0.3 is 26.0 Å². The molecule has 1 aliphatic rings. The first-order chi connectivity index (χ1) is 14.7. The summed E-state index contributed by atoms with van der Waals surface area (Å²) in [5, 5.41) is 36.1. The minimum absolute atomic E-state index is 0.0267.